The average Bonchev–Trinajstić information content (AvgIpc) is 2.44. The topological polar surface area (TPSA) is 29.0 Å². The van der Waals surface area contributed by atoms with Crippen molar-refractivity contribution in [1.29, 1.82) is 0 Å². The molecule has 104 valence electrons. The molecule has 0 amide bonds. The Morgan fingerprint density at radius 3 is 2.85 bits per heavy atom. The van der Waals surface area contributed by atoms with Crippen LogP contribution in [0.3, 0.4) is 0 Å². The van der Waals surface area contributed by atoms with Crippen LogP contribution in [0.2, 0.25) is 5.15 Å². The Hall–Kier alpha value is -1.13. The van der Waals surface area contributed by atoms with Gasteiger partial charge in [0.1, 0.15) is 5.15 Å². The van der Waals surface area contributed by atoms with Crippen molar-refractivity contribution in [3.05, 3.63) is 39.1 Å². The van der Waals surface area contributed by atoms with E-state index in [4.69, 9.17) is 11.6 Å². The fourth-order valence-electron chi connectivity index (χ4n) is 2.58. The number of nitrogens with zero attached hydrogens (tertiary/aromatic N) is 3. The highest BCUT2D eigenvalue weighted by molar-refractivity contribution is 9.10. The molecule has 0 radical (unpaired) electrons. The first-order chi connectivity index (χ1) is 9.56. The van der Waals surface area contributed by atoms with Crippen molar-refractivity contribution in [2.75, 3.05) is 18.5 Å². The van der Waals surface area contributed by atoms with E-state index in [9.17, 15) is 0 Å². The summed E-state index contributed by atoms with van der Waals surface area (Å²) in [7, 11) is 2.13. The number of aromatic nitrogens is 2. The molecule has 1 aliphatic rings. The van der Waals surface area contributed by atoms with E-state index in [1.807, 2.05) is 6.92 Å². The van der Waals surface area contributed by atoms with E-state index in [-0.39, 0.29) is 0 Å². The summed E-state index contributed by atoms with van der Waals surface area (Å²) in [6, 6.07) is 6.40. The van der Waals surface area contributed by atoms with Gasteiger partial charge in [-0.25, -0.2) is 9.97 Å². The van der Waals surface area contributed by atoms with Crippen molar-refractivity contribution in [2.24, 2.45) is 0 Å². The Morgan fingerprint density at radius 2 is 2.10 bits per heavy atom. The van der Waals surface area contributed by atoms with Gasteiger partial charge in [0.05, 0.1) is 10.2 Å². The number of fused-ring (bicyclic) bond motifs is 1. The van der Waals surface area contributed by atoms with Crippen LogP contribution >= 0.6 is 27.5 Å². The molecule has 0 aliphatic carbocycles. The van der Waals surface area contributed by atoms with Crippen molar-refractivity contribution in [2.45, 2.75) is 19.8 Å². The minimum Gasteiger partial charge on any atom is -0.374 e. The molecule has 1 aliphatic heterocycles. The molecule has 0 unspecified atom stereocenters. The van der Waals surface area contributed by atoms with E-state index in [1.54, 1.807) is 0 Å². The summed E-state index contributed by atoms with van der Waals surface area (Å²) in [5.74, 6) is 0.687. The number of hydrogen-bond acceptors (Lipinski definition) is 3. The Balaban J connectivity index is 2.07. The maximum atomic E-state index is 6.13. The zero-order chi connectivity index (χ0) is 14.3. The van der Waals surface area contributed by atoms with Gasteiger partial charge < -0.3 is 4.90 Å². The predicted molar refractivity (Wildman–Crippen MR) is 86.5 cm³/mol. The summed E-state index contributed by atoms with van der Waals surface area (Å²) in [6.07, 6.45) is 2.30. The van der Waals surface area contributed by atoms with Gasteiger partial charge in [-0.2, -0.15) is 0 Å². The highest BCUT2D eigenvalue weighted by Gasteiger charge is 2.16. The average molecular weight is 353 g/mol. The maximum absolute atomic E-state index is 6.13. The third kappa shape index (κ3) is 2.42. The zero-order valence-electron chi connectivity index (χ0n) is 11.5. The molecular formula is C15H15BrClN3. The molecule has 1 aromatic heterocycles. The minimum atomic E-state index is 0.460. The van der Waals surface area contributed by atoms with E-state index in [0.717, 1.165) is 28.7 Å². The van der Waals surface area contributed by atoms with E-state index < -0.39 is 0 Å². The van der Waals surface area contributed by atoms with Crippen molar-refractivity contribution in [3.8, 4) is 11.4 Å². The fourth-order valence-corrected chi connectivity index (χ4v) is 2.97. The van der Waals surface area contributed by atoms with Gasteiger partial charge in [0.25, 0.3) is 0 Å². The molecule has 0 fully saturated rings. The van der Waals surface area contributed by atoms with Gasteiger partial charge in [0.15, 0.2) is 5.82 Å². The Kier molecular flexibility index (Phi) is 3.69. The highest BCUT2D eigenvalue weighted by atomic mass is 79.9. The summed E-state index contributed by atoms with van der Waals surface area (Å²) < 4.78 is 0.764. The maximum Gasteiger partial charge on any atom is 0.161 e. The summed E-state index contributed by atoms with van der Waals surface area (Å²) in [6.45, 7) is 3.04. The number of hydrogen-bond donors (Lipinski definition) is 0. The molecule has 0 spiro atoms. The van der Waals surface area contributed by atoms with Gasteiger partial charge in [0, 0.05) is 24.8 Å². The summed E-state index contributed by atoms with van der Waals surface area (Å²) in [5, 5.41) is 0.460. The van der Waals surface area contributed by atoms with Gasteiger partial charge in [-0.3, -0.25) is 0 Å². The molecule has 20 heavy (non-hydrogen) atoms. The quantitative estimate of drug-likeness (QED) is 0.718. The minimum absolute atomic E-state index is 0.460. The lowest BCUT2D eigenvalue weighted by molar-refractivity contribution is 0.744. The van der Waals surface area contributed by atoms with E-state index >= 15 is 0 Å². The first kappa shape index (κ1) is 13.8. The number of halogens is 2. The molecule has 3 rings (SSSR count). The third-order valence-electron chi connectivity index (χ3n) is 3.67. The SMILES string of the molecule is Cc1nc(-c2ccc3c(c2)CCCN3C)nc(Cl)c1Br. The van der Waals surface area contributed by atoms with Crippen LogP contribution in [-0.2, 0) is 6.42 Å². The van der Waals surface area contributed by atoms with Gasteiger partial charge in [-0.05, 0) is 59.5 Å². The molecule has 2 heterocycles. The number of rotatable bonds is 1. The van der Waals surface area contributed by atoms with Gasteiger partial charge in [0.2, 0.25) is 0 Å². The highest BCUT2D eigenvalue weighted by Crippen LogP contribution is 2.31. The van der Waals surface area contributed by atoms with E-state index in [1.165, 1.54) is 17.7 Å². The number of aryl methyl sites for hydroxylation is 2. The van der Waals surface area contributed by atoms with Gasteiger partial charge in [-0.1, -0.05) is 11.6 Å². The van der Waals surface area contributed by atoms with Crippen LogP contribution in [0, 0.1) is 6.92 Å². The van der Waals surface area contributed by atoms with Crippen LogP contribution in [0.5, 0.6) is 0 Å². The third-order valence-corrected chi connectivity index (χ3v) is 5.12. The molecule has 2 aromatic rings. The van der Waals surface area contributed by atoms with E-state index in [2.05, 4.69) is 56.0 Å². The number of anilines is 1. The van der Waals surface area contributed by atoms with Crippen LogP contribution < -0.4 is 4.90 Å². The molecular weight excluding hydrogens is 338 g/mol. The second-order valence-electron chi connectivity index (χ2n) is 5.11. The molecule has 0 saturated heterocycles. The smallest absolute Gasteiger partial charge is 0.161 e. The molecule has 0 saturated carbocycles. The Morgan fingerprint density at radius 1 is 1.30 bits per heavy atom. The molecule has 5 heteroatoms. The summed E-state index contributed by atoms with van der Waals surface area (Å²) >= 11 is 9.52. The van der Waals surface area contributed by atoms with E-state index in [0.29, 0.717) is 11.0 Å². The van der Waals surface area contributed by atoms with Crippen molar-refractivity contribution >= 4 is 33.2 Å². The van der Waals surface area contributed by atoms with Crippen molar-refractivity contribution < 1.29 is 0 Å². The van der Waals surface area contributed by atoms with Crippen LogP contribution in [-0.4, -0.2) is 23.6 Å². The van der Waals surface area contributed by atoms with Crippen LogP contribution in [0.15, 0.2) is 22.7 Å². The fraction of sp³-hybridized carbons (Fsp3) is 0.333. The lowest BCUT2D eigenvalue weighted by Crippen LogP contribution is -2.24. The normalized spacial score (nSPS) is 14.3. The second-order valence-corrected chi connectivity index (χ2v) is 6.26. The lowest BCUT2D eigenvalue weighted by atomic mass is 9.99. The molecule has 0 N–H and O–H groups in total. The zero-order valence-corrected chi connectivity index (χ0v) is 13.8. The lowest BCUT2D eigenvalue weighted by Gasteiger charge is -2.27. The standard InChI is InChI=1S/C15H15BrClN3/c1-9-13(16)14(17)19-15(18-9)11-5-6-12-10(8-11)4-3-7-20(12)2/h5-6,8H,3-4,7H2,1-2H3. The largest absolute Gasteiger partial charge is 0.374 e. The Labute approximate surface area is 132 Å². The first-order valence-electron chi connectivity index (χ1n) is 6.60. The van der Waals surface area contributed by atoms with Crippen molar-refractivity contribution in [1.82, 2.24) is 9.97 Å². The van der Waals surface area contributed by atoms with Crippen LogP contribution in [0.1, 0.15) is 17.7 Å². The molecule has 0 bridgehead atoms. The van der Waals surface area contributed by atoms with Crippen molar-refractivity contribution in [3.63, 3.8) is 0 Å². The second kappa shape index (κ2) is 5.34. The monoisotopic (exact) mass is 351 g/mol. The first-order valence-corrected chi connectivity index (χ1v) is 7.77. The van der Waals surface area contributed by atoms with Crippen LogP contribution in [0.25, 0.3) is 11.4 Å². The Bertz CT molecular complexity index is 649. The van der Waals surface area contributed by atoms with Gasteiger partial charge >= 0.3 is 0 Å². The summed E-state index contributed by atoms with van der Waals surface area (Å²) in [5.41, 5.74) is 4.54. The predicted octanol–water partition coefficient (Wildman–Crippen LogP) is 4.25. The van der Waals surface area contributed by atoms with Crippen LogP contribution in [0.4, 0.5) is 5.69 Å². The molecule has 0 atom stereocenters. The van der Waals surface area contributed by atoms with Gasteiger partial charge in [-0.15, -0.1) is 0 Å². The molecule has 1 aromatic carbocycles. The molecule has 3 nitrogen and oxygen atoms in total. The number of benzene rings is 1. The summed E-state index contributed by atoms with van der Waals surface area (Å²) in [4.78, 5) is 11.2.